The summed E-state index contributed by atoms with van der Waals surface area (Å²) < 4.78 is 0. The maximum absolute atomic E-state index is 13.1. The Morgan fingerprint density at radius 3 is 2.09 bits per heavy atom. The second-order valence-corrected chi connectivity index (χ2v) is 6.60. The van der Waals surface area contributed by atoms with Gasteiger partial charge in [0.1, 0.15) is 6.10 Å². The molecule has 1 saturated heterocycles. The molecule has 0 bridgehead atoms. The van der Waals surface area contributed by atoms with Gasteiger partial charge in [-0.1, -0.05) is 36.8 Å². The topological polar surface area (TPSA) is 60.9 Å². The summed E-state index contributed by atoms with van der Waals surface area (Å²) in [5, 5.41) is 9.40. The van der Waals surface area contributed by atoms with Crippen LogP contribution in [0.3, 0.4) is 0 Å². The van der Waals surface area contributed by atoms with Crippen molar-refractivity contribution < 1.29 is 14.7 Å². The highest BCUT2D eigenvalue weighted by atomic mass is 16.3. The molecule has 124 valence electrons. The molecule has 1 aromatic rings. The zero-order valence-corrected chi connectivity index (χ0v) is 13.6. The van der Waals surface area contributed by atoms with Gasteiger partial charge in [0.2, 0.25) is 5.91 Å². The first-order valence-electron chi connectivity index (χ1n) is 8.36. The van der Waals surface area contributed by atoms with E-state index >= 15 is 0 Å². The molecule has 0 spiro atoms. The van der Waals surface area contributed by atoms with Crippen LogP contribution in [0.5, 0.6) is 0 Å². The maximum Gasteiger partial charge on any atom is 0.251 e. The molecule has 2 amide bonds. The molecule has 1 aliphatic heterocycles. The van der Waals surface area contributed by atoms with E-state index in [-0.39, 0.29) is 17.2 Å². The number of carbonyl (C=O) groups is 2. The zero-order valence-electron chi connectivity index (χ0n) is 13.6. The van der Waals surface area contributed by atoms with Gasteiger partial charge in [0.05, 0.1) is 5.41 Å². The number of piperazine rings is 1. The average Bonchev–Trinajstić information content (AvgIpc) is 2.54. The van der Waals surface area contributed by atoms with Crippen molar-refractivity contribution in [2.75, 3.05) is 26.2 Å². The average molecular weight is 316 g/mol. The van der Waals surface area contributed by atoms with E-state index in [1.165, 1.54) is 6.92 Å². The van der Waals surface area contributed by atoms with Gasteiger partial charge < -0.3 is 14.9 Å². The third-order valence-electron chi connectivity index (χ3n) is 5.18. The zero-order chi connectivity index (χ0) is 16.4. The third kappa shape index (κ3) is 2.85. The minimum absolute atomic E-state index is 0.194. The summed E-state index contributed by atoms with van der Waals surface area (Å²) in [5.41, 5.74) is 0.747. The molecule has 2 fully saturated rings. The second-order valence-electron chi connectivity index (χ2n) is 6.60. The predicted molar refractivity (Wildman–Crippen MR) is 86.8 cm³/mol. The number of carbonyl (C=O) groups excluding carboxylic acids is 2. The van der Waals surface area contributed by atoms with Crippen LogP contribution in [0.15, 0.2) is 30.3 Å². The lowest BCUT2D eigenvalue weighted by atomic mass is 9.63. The van der Waals surface area contributed by atoms with E-state index in [4.69, 9.17) is 0 Å². The van der Waals surface area contributed by atoms with Crippen LogP contribution in [0.25, 0.3) is 0 Å². The van der Waals surface area contributed by atoms with Crippen LogP contribution in [-0.2, 0) is 15.0 Å². The summed E-state index contributed by atoms with van der Waals surface area (Å²) in [6.45, 7) is 3.58. The fourth-order valence-corrected chi connectivity index (χ4v) is 3.61. The van der Waals surface area contributed by atoms with Crippen LogP contribution in [0.1, 0.15) is 31.7 Å². The van der Waals surface area contributed by atoms with Gasteiger partial charge in [-0.3, -0.25) is 9.59 Å². The van der Waals surface area contributed by atoms with Gasteiger partial charge in [-0.15, -0.1) is 0 Å². The van der Waals surface area contributed by atoms with Gasteiger partial charge in [0.25, 0.3) is 5.91 Å². The number of hydrogen-bond donors (Lipinski definition) is 1. The lowest BCUT2D eigenvalue weighted by molar-refractivity contribution is -0.148. The first kappa shape index (κ1) is 16.0. The predicted octanol–water partition coefficient (Wildman–Crippen LogP) is 1.16. The molecule has 1 heterocycles. The molecule has 0 radical (unpaired) electrons. The number of hydrogen-bond acceptors (Lipinski definition) is 3. The van der Waals surface area contributed by atoms with E-state index < -0.39 is 6.10 Å². The summed E-state index contributed by atoms with van der Waals surface area (Å²) in [5.74, 6) is -0.0578. The Morgan fingerprint density at radius 2 is 1.61 bits per heavy atom. The first-order chi connectivity index (χ1) is 11.0. The molecule has 0 aromatic heterocycles. The number of benzene rings is 1. The number of aliphatic hydroxyl groups excluding tert-OH is 1. The smallest absolute Gasteiger partial charge is 0.251 e. The van der Waals surface area contributed by atoms with Gasteiger partial charge >= 0.3 is 0 Å². The highest BCUT2D eigenvalue weighted by Gasteiger charge is 2.48. The molecule has 1 aliphatic carbocycles. The molecular weight excluding hydrogens is 292 g/mol. The van der Waals surface area contributed by atoms with E-state index in [2.05, 4.69) is 0 Å². The fraction of sp³-hybridized carbons (Fsp3) is 0.556. The van der Waals surface area contributed by atoms with E-state index in [0.29, 0.717) is 26.2 Å². The van der Waals surface area contributed by atoms with E-state index in [1.54, 1.807) is 4.90 Å². The minimum atomic E-state index is -0.973. The molecule has 1 N–H and O–H groups in total. The standard InChI is InChI=1S/C18H24N2O3/c1-14(21)16(22)19-10-12-20(13-11-19)17(23)18(8-5-9-18)15-6-3-2-4-7-15/h2-4,6-7,14,21H,5,8-13H2,1H3. The molecule has 5 heteroatoms. The number of nitrogens with zero attached hydrogens (tertiary/aromatic N) is 2. The van der Waals surface area contributed by atoms with Crippen molar-refractivity contribution in [1.82, 2.24) is 9.80 Å². The Labute approximate surface area is 136 Å². The van der Waals surface area contributed by atoms with Gasteiger partial charge in [-0.25, -0.2) is 0 Å². The Kier molecular flexibility index (Phi) is 4.39. The second kappa shape index (κ2) is 6.32. The molecule has 1 unspecified atom stereocenters. The van der Waals surface area contributed by atoms with Crippen LogP contribution in [0.4, 0.5) is 0 Å². The van der Waals surface area contributed by atoms with Crippen LogP contribution in [0.2, 0.25) is 0 Å². The van der Waals surface area contributed by atoms with E-state index in [9.17, 15) is 14.7 Å². The van der Waals surface area contributed by atoms with Crippen molar-refractivity contribution in [2.45, 2.75) is 37.7 Å². The highest BCUT2D eigenvalue weighted by Crippen LogP contribution is 2.45. The molecule has 23 heavy (non-hydrogen) atoms. The van der Waals surface area contributed by atoms with Gasteiger partial charge in [-0.05, 0) is 25.3 Å². The Hall–Kier alpha value is -1.88. The van der Waals surface area contributed by atoms with Gasteiger partial charge in [0, 0.05) is 26.2 Å². The van der Waals surface area contributed by atoms with Gasteiger partial charge in [0.15, 0.2) is 0 Å². The highest BCUT2D eigenvalue weighted by molar-refractivity contribution is 5.89. The monoisotopic (exact) mass is 316 g/mol. The van der Waals surface area contributed by atoms with Crippen LogP contribution in [-0.4, -0.2) is 59.0 Å². The summed E-state index contributed by atoms with van der Waals surface area (Å²) in [4.78, 5) is 28.4. The molecule has 2 aliphatic rings. The summed E-state index contributed by atoms with van der Waals surface area (Å²) >= 11 is 0. The Bertz CT molecular complexity index is 573. The van der Waals surface area contributed by atoms with Crippen molar-refractivity contribution in [3.63, 3.8) is 0 Å². The van der Waals surface area contributed by atoms with Crippen molar-refractivity contribution in [3.05, 3.63) is 35.9 Å². The lowest BCUT2D eigenvalue weighted by Crippen LogP contribution is -2.58. The Balaban J connectivity index is 1.69. The summed E-state index contributed by atoms with van der Waals surface area (Å²) in [6, 6.07) is 10.0. The largest absolute Gasteiger partial charge is 0.384 e. The van der Waals surface area contributed by atoms with Crippen LogP contribution < -0.4 is 0 Å². The molecule has 1 aromatic carbocycles. The summed E-state index contributed by atoms with van der Waals surface area (Å²) in [6.07, 6.45) is 1.92. The van der Waals surface area contributed by atoms with E-state index in [0.717, 1.165) is 24.8 Å². The molecule has 1 atom stereocenters. The quantitative estimate of drug-likeness (QED) is 0.910. The first-order valence-corrected chi connectivity index (χ1v) is 8.36. The lowest BCUT2D eigenvalue weighted by Gasteiger charge is -2.46. The normalized spacial score (nSPS) is 21.5. The summed E-state index contributed by atoms with van der Waals surface area (Å²) in [7, 11) is 0. The SMILES string of the molecule is CC(O)C(=O)N1CCN(C(=O)C2(c3ccccc3)CCC2)CC1. The van der Waals surface area contributed by atoms with E-state index in [1.807, 2.05) is 35.2 Å². The molecule has 3 rings (SSSR count). The van der Waals surface area contributed by atoms with Crippen molar-refractivity contribution in [2.24, 2.45) is 0 Å². The Morgan fingerprint density at radius 1 is 1.04 bits per heavy atom. The number of rotatable bonds is 3. The molecular formula is C18H24N2O3. The van der Waals surface area contributed by atoms with Gasteiger partial charge in [-0.2, -0.15) is 0 Å². The van der Waals surface area contributed by atoms with Crippen molar-refractivity contribution in [3.8, 4) is 0 Å². The molecule has 5 nitrogen and oxygen atoms in total. The third-order valence-corrected chi connectivity index (χ3v) is 5.18. The number of amides is 2. The number of aliphatic hydroxyl groups is 1. The van der Waals surface area contributed by atoms with Crippen molar-refractivity contribution in [1.29, 1.82) is 0 Å². The maximum atomic E-state index is 13.1. The van der Waals surface area contributed by atoms with Crippen molar-refractivity contribution >= 4 is 11.8 Å². The minimum Gasteiger partial charge on any atom is -0.384 e. The molecule has 1 saturated carbocycles. The fourth-order valence-electron chi connectivity index (χ4n) is 3.61. The van der Waals surface area contributed by atoms with Crippen LogP contribution >= 0.6 is 0 Å². The van der Waals surface area contributed by atoms with Crippen LogP contribution in [0, 0.1) is 0 Å².